The zero-order valence-corrected chi connectivity index (χ0v) is 8.83. The maximum absolute atomic E-state index is 11.6. The van der Waals surface area contributed by atoms with E-state index in [-0.39, 0.29) is 30.4 Å². The van der Waals surface area contributed by atoms with E-state index in [0.717, 1.165) is 6.42 Å². The Bertz CT molecular complexity index is 371. The standard InChI is InChI=1S/C9H12N4O.ClH/c10-6-1-2-12-4-5(6)9(14)13-8-3-7(8)11;/h1-2,4,7-8H,3,11H2,(H2,10,12)(H,13,14);1H. The number of carbonyl (C=O) groups excluding carboxylic acids is 1. The SMILES string of the molecule is Cl.Nc1ccncc1C(=O)NC1CC1N. The van der Waals surface area contributed by atoms with E-state index in [0.29, 0.717) is 11.3 Å². The second-order valence-electron chi connectivity index (χ2n) is 3.44. The van der Waals surface area contributed by atoms with Crippen LogP contribution < -0.4 is 16.8 Å². The van der Waals surface area contributed by atoms with Crippen molar-refractivity contribution in [2.24, 2.45) is 5.73 Å². The van der Waals surface area contributed by atoms with Crippen LogP contribution in [0.3, 0.4) is 0 Å². The van der Waals surface area contributed by atoms with E-state index in [9.17, 15) is 4.79 Å². The van der Waals surface area contributed by atoms with Gasteiger partial charge in [-0.1, -0.05) is 0 Å². The summed E-state index contributed by atoms with van der Waals surface area (Å²) in [4.78, 5) is 15.4. The monoisotopic (exact) mass is 228 g/mol. The number of amides is 1. The number of halogens is 1. The van der Waals surface area contributed by atoms with Crippen LogP contribution >= 0.6 is 12.4 Å². The number of nitrogens with one attached hydrogen (secondary N) is 1. The van der Waals surface area contributed by atoms with Gasteiger partial charge >= 0.3 is 0 Å². The van der Waals surface area contributed by atoms with Gasteiger partial charge in [0, 0.05) is 30.2 Å². The minimum atomic E-state index is -0.200. The molecule has 15 heavy (non-hydrogen) atoms. The molecular weight excluding hydrogens is 216 g/mol. The fourth-order valence-corrected chi connectivity index (χ4v) is 1.22. The predicted molar refractivity (Wildman–Crippen MR) is 59.7 cm³/mol. The second-order valence-corrected chi connectivity index (χ2v) is 3.44. The number of pyridine rings is 1. The molecule has 1 fully saturated rings. The largest absolute Gasteiger partial charge is 0.398 e. The van der Waals surface area contributed by atoms with E-state index in [1.54, 1.807) is 12.3 Å². The number of hydrogen-bond donors (Lipinski definition) is 3. The van der Waals surface area contributed by atoms with Gasteiger partial charge in [-0.2, -0.15) is 0 Å². The third-order valence-electron chi connectivity index (χ3n) is 2.26. The zero-order chi connectivity index (χ0) is 10.1. The molecule has 6 heteroatoms. The Balaban J connectivity index is 0.00000112. The molecule has 0 bridgehead atoms. The first-order valence-corrected chi connectivity index (χ1v) is 4.44. The van der Waals surface area contributed by atoms with E-state index >= 15 is 0 Å². The molecule has 1 aromatic rings. The van der Waals surface area contributed by atoms with Crippen molar-refractivity contribution in [3.05, 3.63) is 24.0 Å². The van der Waals surface area contributed by atoms with Crippen molar-refractivity contribution in [1.82, 2.24) is 10.3 Å². The Hall–Kier alpha value is -1.33. The van der Waals surface area contributed by atoms with Gasteiger partial charge in [-0.15, -0.1) is 12.4 Å². The summed E-state index contributed by atoms with van der Waals surface area (Å²) in [5, 5.41) is 2.78. The highest BCUT2D eigenvalue weighted by atomic mass is 35.5. The third kappa shape index (κ3) is 2.57. The second kappa shape index (κ2) is 4.46. The average Bonchev–Trinajstić information content (AvgIpc) is 2.82. The average molecular weight is 229 g/mol. The summed E-state index contributed by atoms with van der Waals surface area (Å²) in [6.45, 7) is 0. The van der Waals surface area contributed by atoms with Crippen LogP contribution in [-0.2, 0) is 0 Å². The van der Waals surface area contributed by atoms with Crippen molar-refractivity contribution < 1.29 is 4.79 Å². The fraction of sp³-hybridized carbons (Fsp3) is 0.333. The number of nitrogens with two attached hydrogens (primary N) is 2. The van der Waals surface area contributed by atoms with Crippen molar-refractivity contribution in [2.45, 2.75) is 18.5 Å². The summed E-state index contributed by atoms with van der Waals surface area (Å²) in [6.07, 6.45) is 3.85. The van der Waals surface area contributed by atoms with Crippen molar-refractivity contribution in [3.8, 4) is 0 Å². The van der Waals surface area contributed by atoms with Crippen LogP contribution in [0.5, 0.6) is 0 Å². The van der Waals surface area contributed by atoms with Gasteiger partial charge < -0.3 is 16.8 Å². The molecule has 1 aromatic heterocycles. The van der Waals surface area contributed by atoms with Crippen LogP contribution in [0.25, 0.3) is 0 Å². The molecule has 1 heterocycles. The molecule has 2 unspecified atom stereocenters. The van der Waals surface area contributed by atoms with Crippen molar-refractivity contribution in [3.63, 3.8) is 0 Å². The Morgan fingerprint density at radius 3 is 2.80 bits per heavy atom. The van der Waals surface area contributed by atoms with Gasteiger partial charge in [-0.25, -0.2) is 0 Å². The van der Waals surface area contributed by atoms with Crippen LogP contribution in [0, 0.1) is 0 Å². The maximum Gasteiger partial charge on any atom is 0.255 e. The summed E-state index contributed by atoms with van der Waals surface area (Å²) >= 11 is 0. The smallest absolute Gasteiger partial charge is 0.255 e. The molecular formula is C9H13ClN4O. The Morgan fingerprint density at radius 2 is 2.27 bits per heavy atom. The summed E-state index contributed by atoms with van der Waals surface area (Å²) < 4.78 is 0. The highest BCUT2D eigenvalue weighted by Gasteiger charge is 2.35. The van der Waals surface area contributed by atoms with E-state index in [1.807, 2.05) is 0 Å². The number of nitrogen functional groups attached to an aromatic ring is 1. The quantitative estimate of drug-likeness (QED) is 0.660. The first kappa shape index (κ1) is 11.7. The molecule has 5 N–H and O–H groups in total. The molecule has 82 valence electrons. The van der Waals surface area contributed by atoms with Gasteiger partial charge in [0.2, 0.25) is 0 Å². The molecule has 5 nitrogen and oxygen atoms in total. The minimum Gasteiger partial charge on any atom is -0.398 e. The maximum atomic E-state index is 11.6. The summed E-state index contributed by atoms with van der Waals surface area (Å²) in [7, 11) is 0. The van der Waals surface area contributed by atoms with E-state index in [2.05, 4.69) is 10.3 Å². The Morgan fingerprint density at radius 1 is 1.60 bits per heavy atom. The lowest BCUT2D eigenvalue weighted by molar-refractivity contribution is 0.0951. The lowest BCUT2D eigenvalue weighted by Crippen LogP contribution is -2.30. The number of anilines is 1. The third-order valence-corrected chi connectivity index (χ3v) is 2.26. The molecule has 0 aliphatic heterocycles. The molecule has 2 rings (SSSR count). The van der Waals surface area contributed by atoms with Gasteiger partial charge in [0.05, 0.1) is 5.56 Å². The van der Waals surface area contributed by atoms with Crippen LogP contribution in [0.2, 0.25) is 0 Å². The summed E-state index contributed by atoms with van der Waals surface area (Å²) in [5.41, 5.74) is 12.0. The van der Waals surface area contributed by atoms with E-state index in [4.69, 9.17) is 11.5 Å². The van der Waals surface area contributed by atoms with Gasteiger partial charge in [-0.3, -0.25) is 9.78 Å². The van der Waals surface area contributed by atoms with Crippen molar-refractivity contribution in [2.75, 3.05) is 5.73 Å². The number of hydrogen-bond acceptors (Lipinski definition) is 4. The fourth-order valence-electron chi connectivity index (χ4n) is 1.22. The van der Waals surface area contributed by atoms with Gasteiger partial charge in [0.15, 0.2) is 0 Å². The number of nitrogens with zero attached hydrogens (tertiary/aromatic N) is 1. The lowest BCUT2D eigenvalue weighted by atomic mass is 10.2. The first-order chi connectivity index (χ1) is 6.68. The molecule has 1 aliphatic rings. The van der Waals surface area contributed by atoms with Crippen LogP contribution in [0.1, 0.15) is 16.8 Å². The van der Waals surface area contributed by atoms with Gasteiger partial charge in [-0.05, 0) is 12.5 Å². The van der Waals surface area contributed by atoms with Crippen LogP contribution in [0.15, 0.2) is 18.5 Å². The number of carbonyl (C=O) groups is 1. The predicted octanol–water partition coefficient (Wildman–Crippen LogP) is -0.0850. The molecule has 1 amide bonds. The number of aromatic nitrogens is 1. The molecule has 0 radical (unpaired) electrons. The molecule has 2 atom stereocenters. The molecule has 0 saturated heterocycles. The van der Waals surface area contributed by atoms with Crippen LogP contribution in [-0.4, -0.2) is 23.0 Å². The minimum absolute atomic E-state index is 0. The number of rotatable bonds is 2. The van der Waals surface area contributed by atoms with Gasteiger partial charge in [0.1, 0.15) is 0 Å². The van der Waals surface area contributed by atoms with E-state index < -0.39 is 0 Å². The highest BCUT2D eigenvalue weighted by Crippen LogP contribution is 2.19. The highest BCUT2D eigenvalue weighted by molar-refractivity contribution is 5.99. The Kier molecular flexibility index (Phi) is 3.49. The zero-order valence-electron chi connectivity index (χ0n) is 8.01. The molecule has 1 aliphatic carbocycles. The first-order valence-electron chi connectivity index (χ1n) is 4.44. The molecule has 0 spiro atoms. The lowest BCUT2D eigenvalue weighted by Gasteiger charge is -2.05. The normalized spacial score (nSPS) is 22.7. The van der Waals surface area contributed by atoms with Crippen molar-refractivity contribution in [1.29, 1.82) is 0 Å². The summed E-state index contributed by atoms with van der Waals surface area (Å²) in [5.74, 6) is -0.200. The molecule has 1 saturated carbocycles. The van der Waals surface area contributed by atoms with E-state index in [1.165, 1.54) is 6.20 Å². The Labute approximate surface area is 93.6 Å². The van der Waals surface area contributed by atoms with Gasteiger partial charge in [0.25, 0.3) is 5.91 Å². The topological polar surface area (TPSA) is 94.0 Å². The molecule has 0 aromatic carbocycles. The summed E-state index contributed by atoms with van der Waals surface area (Å²) in [6, 6.07) is 1.79. The van der Waals surface area contributed by atoms with Crippen molar-refractivity contribution >= 4 is 24.0 Å². The van der Waals surface area contributed by atoms with Crippen LogP contribution in [0.4, 0.5) is 5.69 Å².